The molecule has 0 amide bonds. The minimum Gasteiger partial charge on any atom is -0.383 e. The first-order chi connectivity index (χ1) is 7.54. The van der Waals surface area contributed by atoms with Crippen LogP contribution in [0.3, 0.4) is 0 Å². The molecule has 1 fully saturated rings. The predicted molar refractivity (Wildman–Crippen MR) is 62.2 cm³/mol. The minimum absolute atomic E-state index is 0.270. The van der Waals surface area contributed by atoms with E-state index >= 15 is 0 Å². The highest BCUT2D eigenvalue weighted by Crippen LogP contribution is 2.28. The largest absolute Gasteiger partial charge is 0.383 e. The summed E-state index contributed by atoms with van der Waals surface area (Å²) < 4.78 is 33.2. The van der Waals surface area contributed by atoms with E-state index in [4.69, 9.17) is 10.5 Å². The summed E-state index contributed by atoms with van der Waals surface area (Å²) >= 11 is 0. The maximum atomic E-state index is 11.7. The van der Waals surface area contributed by atoms with E-state index in [9.17, 15) is 8.42 Å². The summed E-state index contributed by atoms with van der Waals surface area (Å²) in [5, 5.41) is 0. The van der Waals surface area contributed by atoms with Gasteiger partial charge in [-0.05, 0) is 12.8 Å². The smallest absolute Gasteiger partial charge is 0.277 e. The van der Waals surface area contributed by atoms with Crippen LogP contribution in [0.4, 0.5) is 0 Å². The van der Waals surface area contributed by atoms with Crippen LogP contribution in [0.25, 0.3) is 0 Å². The lowest BCUT2D eigenvalue weighted by molar-refractivity contribution is 0.204. The van der Waals surface area contributed by atoms with E-state index in [0.29, 0.717) is 13.2 Å². The number of ether oxygens (including phenoxy) is 1. The summed E-state index contributed by atoms with van der Waals surface area (Å²) in [5.41, 5.74) is 5.21. The topological polar surface area (TPSA) is 93.4 Å². The van der Waals surface area contributed by atoms with Crippen molar-refractivity contribution < 1.29 is 13.2 Å². The van der Waals surface area contributed by atoms with E-state index < -0.39 is 15.7 Å². The van der Waals surface area contributed by atoms with Gasteiger partial charge in [-0.1, -0.05) is 12.8 Å². The SMILES string of the molecule is COCCNS(=O)(=O)NC1(CN)CCCC1. The molecule has 0 saturated heterocycles. The molecule has 0 unspecified atom stereocenters. The van der Waals surface area contributed by atoms with Crippen molar-refractivity contribution in [2.45, 2.75) is 31.2 Å². The number of rotatable bonds is 7. The summed E-state index contributed by atoms with van der Waals surface area (Å²) in [5.74, 6) is 0. The van der Waals surface area contributed by atoms with Gasteiger partial charge in [-0.25, -0.2) is 0 Å². The molecule has 96 valence electrons. The van der Waals surface area contributed by atoms with Crippen LogP contribution in [-0.4, -0.2) is 40.8 Å². The lowest BCUT2D eigenvalue weighted by atomic mass is 10.0. The van der Waals surface area contributed by atoms with Crippen LogP contribution in [-0.2, 0) is 14.9 Å². The number of nitrogens with two attached hydrogens (primary N) is 1. The van der Waals surface area contributed by atoms with Crippen molar-refractivity contribution in [3.05, 3.63) is 0 Å². The van der Waals surface area contributed by atoms with Gasteiger partial charge in [0.15, 0.2) is 0 Å². The maximum Gasteiger partial charge on any atom is 0.277 e. The molecule has 0 radical (unpaired) electrons. The first-order valence-corrected chi connectivity index (χ1v) is 6.99. The molecule has 0 aromatic carbocycles. The van der Waals surface area contributed by atoms with E-state index in [1.54, 1.807) is 0 Å². The van der Waals surface area contributed by atoms with Crippen LogP contribution in [0.15, 0.2) is 0 Å². The minimum atomic E-state index is -3.47. The number of nitrogens with one attached hydrogen (secondary N) is 2. The highest BCUT2D eigenvalue weighted by atomic mass is 32.2. The Balaban J connectivity index is 2.50. The lowest BCUT2D eigenvalue weighted by Crippen LogP contribution is -2.55. The molecule has 0 spiro atoms. The van der Waals surface area contributed by atoms with E-state index in [1.165, 1.54) is 7.11 Å². The molecule has 6 nitrogen and oxygen atoms in total. The molecule has 16 heavy (non-hydrogen) atoms. The van der Waals surface area contributed by atoms with Crippen LogP contribution in [0.2, 0.25) is 0 Å². The Labute approximate surface area is 97.1 Å². The summed E-state index contributed by atoms with van der Waals surface area (Å²) in [6, 6.07) is 0. The van der Waals surface area contributed by atoms with Crippen LogP contribution in [0.5, 0.6) is 0 Å². The summed E-state index contributed by atoms with van der Waals surface area (Å²) in [4.78, 5) is 0. The molecule has 1 aliphatic carbocycles. The molecule has 1 saturated carbocycles. The Bertz CT molecular complexity index is 299. The Morgan fingerprint density at radius 3 is 2.50 bits per heavy atom. The normalized spacial score (nSPS) is 20.1. The van der Waals surface area contributed by atoms with Gasteiger partial charge >= 0.3 is 0 Å². The highest BCUT2D eigenvalue weighted by molar-refractivity contribution is 7.87. The second-order valence-corrected chi connectivity index (χ2v) is 5.68. The molecule has 1 aliphatic rings. The summed E-state index contributed by atoms with van der Waals surface area (Å²) in [6.45, 7) is 0.973. The van der Waals surface area contributed by atoms with Crippen LogP contribution >= 0.6 is 0 Å². The molecule has 0 aromatic rings. The van der Waals surface area contributed by atoms with Gasteiger partial charge in [0, 0.05) is 25.7 Å². The predicted octanol–water partition coefficient (Wildman–Crippen LogP) is -0.672. The van der Waals surface area contributed by atoms with Gasteiger partial charge < -0.3 is 10.5 Å². The maximum absolute atomic E-state index is 11.7. The third kappa shape index (κ3) is 3.99. The van der Waals surface area contributed by atoms with E-state index in [-0.39, 0.29) is 6.54 Å². The Kier molecular flexibility index (Phi) is 5.13. The van der Waals surface area contributed by atoms with Crippen molar-refractivity contribution in [1.82, 2.24) is 9.44 Å². The van der Waals surface area contributed by atoms with E-state index in [1.807, 2.05) is 0 Å². The van der Waals surface area contributed by atoms with Crippen molar-refractivity contribution in [1.29, 1.82) is 0 Å². The molecular weight excluding hydrogens is 230 g/mol. The molecular formula is C9H21N3O3S. The molecule has 0 bridgehead atoms. The molecule has 0 atom stereocenters. The molecule has 4 N–H and O–H groups in total. The fourth-order valence-electron chi connectivity index (χ4n) is 2.00. The number of hydrogen-bond donors (Lipinski definition) is 3. The van der Waals surface area contributed by atoms with Crippen LogP contribution in [0, 0.1) is 0 Å². The second kappa shape index (κ2) is 5.92. The average Bonchev–Trinajstić information content (AvgIpc) is 2.66. The van der Waals surface area contributed by atoms with Gasteiger partial charge in [-0.2, -0.15) is 17.9 Å². The van der Waals surface area contributed by atoms with Crippen LogP contribution in [0.1, 0.15) is 25.7 Å². The molecule has 0 aromatic heterocycles. The fourth-order valence-corrected chi connectivity index (χ4v) is 3.28. The zero-order valence-electron chi connectivity index (χ0n) is 9.66. The van der Waals surface area contributed by atoms with Gasteiger partial charge in [0.05, 0.1) is 6.61 Å². The molecule has 1 rings (SSSR count). The Hall–Kier alpha value is -0.210. The average molecular weight is 251 g/mol. The third-order valence-corrected chi connectivity index (χ3v) is 4.19. The van der Waals surface area contributed by atoms with Gasteiger partial charge in [-0.15, -0.1) is 0 Å². The van der Waals surface area contributed by atoms with Gasteiger partial charge in [-0.3, -0.25) is 0 Å². The first-order valence-electron chi connectivity index (χ1n) is 5.51. The van der Waals surface area contributed by atoms with Gasteiger partial charge in [0.2, 0.25) is 0 Å². The second-order valence-electron chi connectivity index (χ2n) is 4.18. The van der Waals surface area contributed by atoms with Gasteiger partial charge in [0.1, 0.15) is 0 Å². The van der Waals surface area contributed by atoms with Gasteiger partial charge in [0.25, 0.3) is 10.2 Å². The van der Waals surface area contributed by atoms with Crippen molar-refractivity contribution in [3.63, 3.8) is 0 Å². The zero-order valence-corrected chi connectivity index (χ0v) is 10.5. The van der Waals surface area contributed by atoms with Crippen molar-refractivity contribution in [2.24, 2.45) is 5.73 Å². The summed E-state index contributed by atoms with van der Waals surface area (Å²) in [6.07, 6.45) is 3.68. The van der Waals surface area contributed by atoms with E-state index in [0.717, 1.165) is 25.7 Å². The Morgan fingerprint density at radius 2 is 2.00 bits per heavy atom. The molecule has 0 heterocycles. The monoisotopic (exact) mass is 251 g/mol. The van der Waals surface area contributed by atoms with Crippen LogP contribution < -0.4 is 15.2 Å². The zero-order chi connectivity index (χ0) is 12.1. The lowest BCUT2D eigenvalue weighted by Gasteiger charge is -2.28. The first kappa shape index (κ1) is 13.9. The third-order valence-electron chi connectivity index (χ3n) is 2.90. The quantitative estimate of drug-likeness (QED) is 0.523. The van der Waals surface area contributed by atoms with Crippen molar-refractivity contribution in [2.75, 3.05) is 26.8 Å². The number of hydrogen-bond acceptors (Lipinski definition) is 4. The van der Waals surface area contributed by atoms with Crippen molar-refractivity contribution in [3.8, 4) is 0 Å². The number of methoxy groups -OCH3 is 1. The summed E-state index contributed by atoms with van der Waals surface area (Å²) in [7, 11) is -1.94. The standard InChI is InChI=1S/C9H21N3O3S/c1-15-7-6-11-16(13,14)12-9(8-10)4-2-3-5-9/h11-12H,2-8,10H2,1H3. The van der Waals surface area contributed by atoms with E-state index in [2.05, 4.69) is 9.44 Å². The highest BCUT2D eigenvalue weighted by Gasteiger charge is 2.35. The molecule has 0 aliphatic heterocycles. The van der Waals surface area contributed by atoms with Crippen molar-refractivity contribution >= 4 is 10.2 Å². The molecule has 7 heteroatoms. The Morgan fingerprint density at radius 1 is 1.38 bits per heavy atom. The fraction of sp³-hybridized carbons (Fsp3) is 1.00.